The van der Waals surface area contributed by atoms with Gasteiger partial charge in [0.2, 0.25) is 0 Å². The van der Waals surface area contributed by atoms with E-state index in [9.17, 15) is 8.78 Å². The van der Waals surface area contributed by atoms with Gasteiger partial charge in [0.1, 0.15) is 0 Å². The van der Waals surface area contributed by atoms with Crippen LogP contribution < -0.4 is 10.2 Å². The Bertz CT molecular complexity index is 453. The number of hydrogen-bond donors (Lipinski definition) is 1. The molecule has 4 nitrogen and oxygen atoms in total. The number of piperazine rings is 1. The van der Waals surface area contributed by atoms with E-state index in [0.29, 0.717) is 19.1 Å². The second-order valence-electron chi connectivity index (χ2n) is 4.80. The zero-order chi connectivity index (χ0) is 14.0. The Morgan fingerprint density at radius 3 is 2.68 bits per heavy atom. The van der Waals surface area contributed by atoms with E-state index in [1.807, 2.05) is 4.90 Å². The maximum atomic E-state index is 13.9. The lowest BCUT2D eigenvalue weighted by Gasteiger charge is -2.40. The number of rotatable bonds is 3. The predicted octanol–water partition coefficient (Wildman–Crippen LogP) is 1.93. The van der Waals surface area contributed by atoms with Crippen LogP contribution in [0.15, 0.2) is 6.07 Å². The molecule has 0 saturated carbocycles. The first-order chi connectivity index (χ1) is 9.06. The third kappa shape index (κ3) is 2.78. The van der Waals surface area contributed by atoms with Crippen molar-refractivity contribution in [1.29, 1.82) is 0 Å². The van der Waals surface area contributed by atoms with Crippen LogP contribution in [0.2, 0.25) is 0 Å². The fourth-order valence-corrected chi connectivity index (χ4v) is 2.51. The van der Waals surface area contributed by atoms with Gasteiger partial charge in [-0.05, 0) is 13.5 Å². The summed E-state index contributed by atoms with van der Waals surface area (Å²) in [6.45, 7) is 7.47. The minimum absolute atomic E-state index is 0.0852. The van der Waals surface area contributed by atoms with Crippen molar-refractivity contribution in [3.63, 3.8) is 0 Å². The van der Waals surface area contributed by atoms with E-state index >= 15 is 0 Å². The van der Waals surface area contributed by atoms with Gasteiger partial charge in [0, 0.05) is 38.8 Å². The zero-order valence-corrected chi connectivity index (χ0v) is 11.6. The summed E-state index contributed by atoms with van der Waals surface area (Å²) in [5.41, 5.74) is 0. The van der Waals surface area contributed by atoms with Crippen LogP contribution in [0.5, 0.6) is 0 Å². The second kappa shape index (κ2) is 5.69. The number of anilines is 2. The second-order valence-corrected chi connectivity index (χ2v) is 4.80. The first-order valence-corrected chi connectivity index (χ1v) is 6.59. The fraction of sp³-hybridized carbons (Fsp3) is 0.615. The lowest BCUT2D eigenvalue weighted by molar-refractivity contribution is 0.198. The highest BCUT2D eigenvalue weighted by molar-refractivity contribution is 5.49. The molecule has 1 atom stereocenters. The number of nitrogens with one attached hydrogen (secondary N) is 1. The smallest absolute Gasteiger partial charge is 0.168 e. The first kappa shape index (κ1) is 14.0. The van der Waals surface area contributed by atoms with Gasteiger partial charge < -0.3 is 10.2 Å². The van der Waals surface area contributed by atoms with Gasteiger partial charge in [-0.3, -0.25) is 4.90 Å². The monoisotopic (exact) mass is 270 g/mol. The Kier molecular flexibility index (Phi) is 4.19. The normalized spacial score (nSPS) is 20.7. The minimum Gasteiger partial charge on any atom is -0.371 e. The third-order valence-electron chi connectivity index (χ3n) is 3.62. The lowest BCUT2D eigenvalue weighted by atomic mass is 10.2. The first-order valence-electron chi connectivity index (χ1n) is 6.59. The van der Waals surface area contributed by atoms with Crippen molar-refractivity contribution >= 4 is 11.6 Å². The van der Waals surface area contributed by atoms with Crippen LogP contribution in [-0.2, 0) is 0 Å². The molecule has 6 heteroatoms. The molecule has 1 unspecified atom stereocenters. The highest BCUT2D eigenvalue weighted by atomic mass is 19.1. The Labute approximate surface area is 112 Å². The van der Waals surface area contributed by atoms with Crippen LogP contribution in [0.4, 0.5) is 20.4 Å². The molecular formula is C13H20F2N4. The molecule has 19 heavy (non-hydrogen) atoms. The number of nitrogens with zero attached hydrogens (tertiary/aromatic N) is 3. The molecule has 0 radical (unpaired) electrons. The number of halogens is 2. The van der Waals surface area contributed by atoms with Gasteiger partial charge in [0.25, 0.3) is 0 Å². The minimum atomic E-state index is -0.663. The number of aromatic nitrogens is 1. The molecule has 1 aromatic heterocycles. The van der Waals surface area contributed by atoms with E-state index in [-0.39, 0.29) is 11.6 Å². The molecule has 0 amide bonds. The van der Waals surface area contributed by atoms with Crippen molar-refractivity contribution in [2.45, 2.75) is 19.9 Å². The molecule has 1 aliphatic heterocycles. The van der Waals surface area contributed by atoms with Crippen molar-refractivity contribution in [3.8, 4) is 0 Å². The summed E-state index contributed by atoms with van der Waals surface area (Å²) in [4.78, 5) is 8.26. The quantitative estimate of drug-likeness (QED) is 0.909. The summed E-state index contributed by atoms with van der Waals surface area (Å²) in [6.07, 6.45) is 0. The van der Waals surface area contributed by atoms with Crippen LogP contribution in [-0.4, -0.2) is 49.2 Å². The van der Waals surface area contributed by atoms with Gasteiger partial charge in [-0.25, -0.2) is 13.8 Å². The van der Waals surface area contributed by atoms with E-state index in [2.05, 4.69) is 29.0 Å². The molecule has 2 rings (SSSR count). The van der Waals surface area contributed by atoms with Gasteiger partial charge in [-0.15, -0.1) is 0 Å². The van der Waals surface area contributed by atoms with E-state index < -0.39 is 11.6 Å². The van der Waals surface area contributed by atoms with E-state index in [0.717, 1.165) is 19.2 Å². The largest absolute Gasteiger partial charge is 0.371 e. The molecule has 0 aromatic carbocycles. The molecule has 1 aromatic rings. The van der Waals surface area contributed by atoms with Crippen molar-refractivity contribution in [2.24, 2.45) is 0 Å². The van der Waals surface area contributed by atoms with Gasteiger partial charge in [0.05, 0.1) is 0 Å². The Morgan fingerprint density at radius 1 is 1.37 bits per heavy atom. The standard InChI is InChI=1S/C13H20F2N4/c1-4-18-5-6-19(8-9(18)2)13-11(15)7-10(14)12(16-3)17-13/h7,9H,4-6,8H2,1-3H3,(H,16,17). The van der Waals surface area contributed by atoms with Crippen molar-refractivity contribution in [1.82, 2.24) is 9.88 Å². The summed E-state index contributed by atoms with van der Waals surface area (Å²) in [7, 11) is 1.57. The molecule has 0 spiro atoms. The van der Waals surface area contributed by atoms with Crippen LogP contribution in [0.1, 0.15) is 13.8 Å². The molecule has 0 bridgehead atoms. The van der Waals surface area contributed by atoms with Crippen LogP contribution in [0, 0.1) is 11.6 Å². The zero-order valence-electron chi connectivity index (χ0n) is 11.6. The third-order valence-corrected chi connectivity index (χ3v) is 3.62. The average molecular weight is 270 g/mol. The van der Waals surface area contributed by atoms with Gasteiger partial charge in [0.15, 0.2) is 23.3 Å². The summed E-state index contributed by atoms with van der Waals surface area (Å²) in [5, 5.41) is 2.64. The molecule has 2 heterocycles. The van der Waals surface area contributed by atoms with Crippen LogP contribution >= 0.6 is 0 Å². The topological polar surface area (TPSA) is 31.4 Å². The Morgan fingerprint density at radius 2 is 2.11 bits per heavy atom. The SMILES string of the molecule is CCN1CCN(c2nc(NC)c(F)cc2F)CC1C. The predicted molar refractivity (Wildman–Crippen MR) is 72.6 cm³/mol. The number of likely N-dealkylation sites (N-methyl/N-ethyl adjacent to an activating group) is 1. The Hall–Kier alpha value is -1.43. The van der Waals surface area contributed by atoms with Crippen molar-refractivity contribution < 1.29 is 8.78 Å². The summed E-state index contributed by atoms with van der Waals surface area (Å²) in [5.74, 6) is -0.951. The molecule has 1 aliphatic rings. The molecule has 1 fully saturated rings. The maximum absolute atomic E-state index is 13.9. The molecule has 1 N–H and O–H groups in total. The van der Waals surface area contributed by atoms with Crippen LogP contribution in [0.3, 0.4) is 0 Å². The van der Waals surface area contributed by atoms with Gasteiger partial charge >= 0.3 is 0 Å². The van der Waals surface area contributed by atoms with E-state index in [1.165, 1.54) is 0 Å². The van der Waals surface area contributed by atoms with Crippen molar-refractivity contribution in [2.75, 3.05) is 43.4 Å². The summed E-state index contributed by atoms with van der Waals surface area (Å²) < 4.78 is 27.3. The van der Waals surface area contributed by atoms with Gasteiger partial charge in [-0.1, -0.05) is 6.92 Å². The highest BCUT2D eigenvalue weighted by Crippen LogP contribution is 2.24. The number of pyridine rings is 1. The van der Waals surface area contributed by atoms with E-state index in [1.54, 1.807) is 7.05 Å². The van der Waals surface area contributed by atoms with Gasteiger partial charge in [-0.2, -0.15) is 0 Å². The molecular weight excluding hydrogens is 250 g/mol. The molecule has 1 saturated heterocycles. The van der Waals surface area contributed by atoms with Crippen LogP contribution in [0.25, 0.3) is 0 Å². The highest BCUT2D eigenvalue weighted by Gasteiger charge is 2.26. The Balaban J connectivity index is 2.23. The molecule has 0 aliphatic carbocycles. The van der Waals surface area contributed by atoms with Crippen molar-refractivity contribution in [3.05, 3.63) is 17.7 Å². The summed E-state index contributed by atoms with van der Waals surface area (Å²) in [6, 6.07) is 1.23. The lowest BCUT2D eigenvalue weighted by Crippen LogP contribution is -2.52. The average Bonchev–Trinajstić information content (AvgIpc) is 2.39. The summed E-state index contributed by atoms with van der Waals surface area (Å²) >= 11 is 0. The molecule has 106 valence electrons. The number of hydrogen-bond acceptors (Lipinski definition) is 4. The maximum Gasteiger partial charge on any atom is 0.168 e. The fourth-order valence-electron chi connectivity index (χ4n) is 2.51. The van der Waals surface area contributed by atoms with E-state index in [4.69, 9.17) is 0 Å².